The van der Waals surface area contributed by atoms with Crippen molar-refractivity contribution in [3.63, 3.8) is 0 Å². The number of nitrogens with one attached hydrogen (secondary N) is 1. The molecule has 0 saturated carbocycles. The zero-order valence-corrected chi connectivity index (χ0v) is 17.7. The maximum Gasteiger partial charge on any atom is 0.408 e. The van der Waals surface area contributed by atoms with E-state index >= 15 is 0 Å². The number of hydrogen-bond donors (Lipinski definition) is 1. The Balaban J connectivity index is 2.02. The molecular formula is C21H27F3N4O3. The van der Waals surface area contributed by atoms with Gasteiger partial charge in [0.1, 0.15) is 25.0 Å². The Morgan fingerprint density at radius 3 is 2.55 bits per heavy atom. The summed E-state index contributed by atoms with van der Waals surface area (Å²) in [6.07, 6.45) is -2.07. The number of imidazole rings is 1. The number of alkyl carbamates (subject to hydrolysis) is 1. The van der Waals surface area contributed by atoms with Crippen LogP contribution in [-0.4, -0.2) is 45.7 Å². The van der Waals surface area contributed by atoms with Crippen molar-refractivity contribution in [1.29, 1.82) is 0 Å². The van der Waals surface area contributed by atoms with E-state index in [-0.39, 0.29) is 24.9 Å². The summed E-state index contributed by atoms with van der Waals surface area (Å²) in [5.41, 5.74) is 0.803. The third kappa shape index (κ3) is 7.62. The average Bonchev–Trinajstić information content (AvgIpc) is 3.14. The van der Waals surface area contributed by atoms with Gasteiger partial charge in [-0.2, -0.15) is 13.2 Å². The summed E-state index contributed by atoms with van der Waals surface area (Å²) in [5.74, 6) is -0.551. The third-order valence-electron chi connectivity index (χ3n) is 4.87. The Morgan fingerprint density at radius 2 is 1.94 bits per heavy atom. The van der Waals surface area contributed by atoms with Crippen molar-refractivity contribution in [1.82, 2.24) is 19.8 Å². The number of nitrogens with zero attached hydrogens (tertiary/aromatic N) is 3. The number of hydrogen-bond acceptors (Lipinski definition) is 4. The predicted octanol–water partition coefficient (Wildman–Crippen LogP) is 3.74. The molecule has 2 atom stereocenters. The summed E-state index contributed by atoms with van der Waals surface area (Å²) in [5, 5.41) is 2.59. The monoisotopic (exact) mass is 440 g/mol. The first-order valence-corrected chi connectivity index (χ1v) is 9.89. The molecule has 0 radical (unpaired) electrons. The fourth-order valence-electron chi connectivity index (χ4n) is 2.93. The van der Waals surface area contributed by atoms with E-state index in [4.69, 9.17) is 4.74 Å². The fraction of sp³-hybridized carbons (Fsp3) is 0.476. The first kappa shape index (κ1) is 24.2. The van der Waals surface area contributed by atoms with Crippen LogP contribution in [0.4, 0.5) is 18.0 Å². The Morgan fingerprint density at radius 1 is 1.26 bits per heavy atom. The number of alkyl halides is 3. The van der Waals surface area contributed by atoms with Gasteiger partial charge in [0.15, 0.2) is 0 Å². The molecule has 2 amide bonds. The minimum atomic E-state index is -4.40. The van der Waals surface area contributed by atoms with Crippen molar-refractivity contribution in [2.24, 2.45) is 5.92 Å². The number of ether oxygens (including phenoxy) is 1. The topological polar surface area (TPSA) is 76.5 Å². The van der Waals surface area contributed by atoms with Gasteiger partial charge in [0.05, 0.1) is 6.54 Å². The van der Waals surface area contributed by atoms with Crippen LogP contribution in [0.1, 0.15) is 31.7 Å². The molecule has 0 fully saturated rings. The molecule has 1 N–H and O–H groups in total. The van der Waals surface area contributed by atoms with E-state index in [0.717, 1.165) is 10.1 Å². The van der Waals surface area contributed by atoms with Gasteiger partial charge in [-0.1, -0.05) is 50.6 Å². The molecule has 2 aromatic rings. The van der Waals surface area contributed by atoms with Crippen molar-refractivity contribution < 1.29 is 27.5 Å². The first-order valence-electron chi connectivity index (χ1n) is 9.89. The van der Waals surface area contributed by atoms with Crippen LogP contribution >= 0.6 is 0 Å². The quantitative estimate of drug-likeness (QED) is 0.645. The summed E-state index contributed by atoms with van der Waals surface area (Å²) in [7, 11) is 1.46. The second-order valence-electron chi connectivity index (χ2n) is 7.35. The lowest BCUT2D eigenvalue weighted by atomic mass is 9.98. The molecule has 0 spiro atoms. The van der Waals surface area contributed by atoms with Crippen LogP contribution in [0.3, 0.4) is 0 Å². The highest BCUT2D eigenvalue weighted by Gasteiger charge is 2.31. The van der Waals surface area contributed by atoms with Crippen molar-refractivity contribution in [2.75, 3.05) is 7.05 Å². The summed E-state index contributed by atoms with van der Waals surface area (Å²) < 4.78 is 44.3. The number of benzene rings is 1. The average molecular weight is 440 g/mol. The van der Waals surface area contributed by atoms with E-state index in [2.05, 4.69) is 10.3 Å². The third-order valence-corrected chi connectivity index (χ3v) is 4.87. The molecule has 7 nitrogen and oxygen atoms in total. The van der Waals surface area contributed by atoms with E-state index in [1.54, 1.807) is 19.1 Å². The van der Waals surface area contributed by atoms with Gasteiger partial charge in [-0.05, 0) is 11.5 Å². The molecule has 2 rings (SSSR count). The maximum atomic E-state index is 13.0. The van der Waals surface area contributed by atoms with E-state index in [1.165, 1.54) is 24.3 Å². The van der Waals surface area contributed by atoms with Gasteiger partial charge in [-0.25, -0.2) is 9.78 Å². The zero-order chi connectivity index (χ0) is 23.0. The number of amides is 2. The van der Waals surface area contributed by atoms with Gasteiger partial charge >= 0.3 is 12.3 Å². The maximum absolute atomic E-state index is 13.0. The fourth-order valence-corrected chi connectivity index (χ4v) is 2.93. The number of aromatic nitrogens is 2. The number of rotatable bonds is 9. The van der Waals surface area contributed by atoms with Crippen molar-refractivity contribution >= 4 is 12.0 Å². The highest BCUT2D eigenvalue weighted by molar-refractivity contribution is 5.85. The molecule has 0 aliphatic carbocycles. The Kier molecular flexibility index (Phi) is 8.47. The Hall–Kier alpha value is -3.04. The van der Waals surface area contributed by atoms with E-state index < -0.39 is 30.8 Å². The lowest BCUT2D eigenvalue weighted by Crippen LogP contribution is -2.50. The molecule has 0 saturated heterocycles. The van der Waals surface area contributed by atoms with Crippen molar-refractivity contribution in [3.05, 3.63) is 54.1 Å². The highest BCUT2D eigenvalue weighted by atomic mass is 19.4. The van der Waals surface area contributed by atoms with Gasteiger partial charge in [0.25, 0.3) is 0 Å². The molecule has 170 valence electrons. The van der Waals surface area contributed by atoms with Gasteiger partial charge in [-0.15, -0.1) is 0 Å². The number of carbonyl (C=O) groups is 2. The Bertz CT molecular complexity index is 855. The minimum absolute atomic E-state index is 0.0544. The molecule has 10 heteroatoms. The lowest BCUT2D eigenvalue weighted by molar-refractivity contribution is -0.141. The first-order chi connectivity index (χ1) is 14.6. The van der Waals surface area contributed by atoms with Crippen molar-refractivity contribution in [3.8, 4) is 0 Å². The van der Waals surface area contributed by atoms with Crippen LogP contribution in [-0.2, 0) is 29.2 Å². The normalized spacial score (nSPS) is 13.4. The van der Waals surface area contributed by atoms with Crippen LogP contribution in [0.2, 0.25) is 0 Å². The van der Waals surface area contributed by atoms with Gasteiger partial charge < -0.3 is 19.5 Å². The zero-order valence-electron chi connectivity index (χ0n) is 17.7. The number of halogens is 3. The lowest BCUT2D eigenvalue weighted by Gasteiger charge is -2.28. The minimum Gasteiger partial charge on any atom is -0.445 e. The summed E-state index contributed by atoms with van der Waals surface area (Å²) in [6.45, 7) is 2.41. The predicted molar refractivity (Wildman–Crippen MR) is 108 cm³/mol. The van der Waals surface area contributed by atoms with E-state index in [1.807, 2.05) is 25.1 Å². The molecular weight excluding hydrogens is 413 g/mol. The number of likely N-dealkylation sites (N-methyl/N-ethyl adjacent to an activating group) is 1. The van der Waals surface area contributed by atoms with Crippen LogP contribution in [0, 0.1) is 5.92 Å². The SMILES string of the molecule is CC[C@H](C)[C@H](NC(=O)OCc1ccccc1)C(=O)N(C)Cc1nccn1CC(F)(F)F. The van der Waals surface area contributed by atoms with Gasteiger partial charge in [-0.3, -0.25) is 4.79 Å². The Labute approximate surface area is 179 Å². The summed E-state index contributed by atoms with van der Waals surface area (Å²) in [4.78, 5) is 30.4. The standard InChI is InChI=1S/C21H27F3N4O3/c1-4-15(2)18(26-20(30)31-13-16-8-6-5-7-9-16)19(29)27(3)12-17-25-10-11-28(17)14-21(22,23)24/h5-11,15,18H,4,12-14H2,1-3H3,(H,26,30)/t15-,18-/m0/s1. The van der Waals surface area contributed by atoms with Gasteiger partial charge in [0.2, 0.25) is 5.91 Å². The van der Waals surface area contributed by atoms with Crippen LogP contribution in [0.15, 0.2) is 42.7 Å². The van der Waals surface area contributed by atoms with Gasteiger partial charge in [0, 0.05) is 19.4 Å². The molecule has 0 unspecified atom stereocenters. The second kappa shape index (κ2) is 10.8. The number of carbonyl (C=O) groups excluding carboxylic acids is 2. The smallest absolute Gasteiger partial charge is 0.408 e. The van der Waals surface area contributed by atoms with E-state index in [0.29, 0.717) is 6.42 Å². The largest absolute Gasteiger partial charge is 0.445 e. The highest BCUT2D eigenvalue weighted by Crippen LogP contribution is 2.19. The van der Waals surface area contributed by atoms with E-state index in [9.17, 15) is 22.8 Å². The molecule has 0 bridgehead atoms. The second-order valence-corrected chi connectivity index (χ2v) is 7.35. The molecule has 1 aromatic carbocycles. The summed E-state index contributed by atoms with van der Waals surface area (Å²) >= 11 is 0. The van der Waals surface area contributed by atoms with Crippen LogP contribution in [0.25, 0.3) is 0 Å². The molecule has 0 aliphatic heterocycles. The molecule has 0 aliphatic rings. The van der Waals surface area contributed by atoms with Crippen molar-refractivity contribution in [2.45, 2.75) is 52.2 Å². The summed E-state index contributed by atoms with van der Waals surface area (Å²) in [6, 6.07) is 8.21. The molecule has 31 heavy (non-hydrogen) atoms. The van der Waals surface area contributed by atoms with Crippen LogP contribution < -0.4 is 5.32 Å². The molecule has 1 heterocycles. The van der Waals surface area contributed by atoms with Crippen LogP contribution in [0.5, 0.6) is 0 Å². The molecule has 1 aromatic heterocycles.